The lowest BCUT2D eigenvalue weighted by atomic mass is 10.0. The molecule has 2 amide bonds. The maximum Gasteiger partial charge on any atom is 0.318 e. The van der Waals surface area contributed by atoms with Crippen molar-refractivity contribution in [3.05, 3.63) is 59.9 Å². The van der Waals surface area contributed by atoms with Gasteiger partial charge in [0.1, 0.15) is 11.6 Å². The Bertz CT molecular complexity index is 795. The van der Waals surface area contributed by atoms with Crippen LogP contribution in [0.4, 0.5) is 14.9 Å². The van der Waals surface area contributed by atoms with E-state index in [-0.39, 0.29) is 17.4 Å². The maximum absolute atomic E-state index is 13.1. The van der Waals surface area contributed by atoms with Gasteiger partial charge in [-0.2, -0.15) is 0 Å². The van der Waals surface area contributed by atoms with E-state index in [4.69, 9.17) is 4.74 Å². The monoisotopic (exact) mass is 369 g/mol. The molecule has 0 atom stereocenters. The molecule has 0 spiro atoms. The Morgan fingerprint density at radius 3 is 2.19 bits per heavy atom. The summed E-state index contributed by atoms with van der Waals surface area (Å²) in [6.07, 6.45) is 1.92. The van der Waals surface area contributed by atoms with Gasteiger partial charge in [0.05, 0.1) is 12.6 Å². The normalized spacial score (nSPS) is 18.1. The van der Waals surface area contributed by atoms with Crippen LogP contribution in [0, 0.1) is 5.82 Å². The average Bonchev–Trinajstić information content (AvgIpc) is 3.49. The molecule has 0 aromatic heterocycles. The fraction of sp³-hybridized carbons (Fsp3) is 0.381. The highest BCUT2D eigenvalue weighted by atomic mass is 19.1. The summed E-state index contributed by atoms with van der Waals surface area (Å²) in [6, 6.07) is 14.4. The zero-order valence-corrected chi connectivity index (χ0v) is 15.5. The summed E-state index contributed by atoms with van der Waals surface area (Å²) < 4.78 is 18.3. The van der Waals surface area contributed by atoms with Gasteiger partial charge in [-0.25, -0.2) is 9.18 Å². The zero-order chi connectivity index (χ0) is 18.9. The standard InChI is InChI=1S/C21H24FN3O2/c1-27-19-8-2-16(3-9-19)21(10-11-21)23-20(26)25-14-12-24(13-15-25)18-6-4-17(22)5-7-18/h2-9H,10-15H2,1H3,(H,23,26). The molecule has 0 unspecified atom stereocenters. The van der Waals surface area contributed by atoms with Crippen LogP contribution in [0.15, 0.2) is 48.5 Å². The Kier molecular flexibility index (Phi) is 4.64. The maximum atomic E-state index is 13.1. The van der Waals surface area contributed by atoms with Crippen molar-refractivity contribution < 1.29 is 13.9 Å². The first-order valence-electron chi connectivity index (χ1n) is 9.32. The number of nitrogens with one attached hydrogen (secondary N) is 1. The van der Waals surface area contributed by atoms with Crippen LogP contribution in [0.1, 0.15) is 18.4 Å². The van der Waals surface area contributed by atoms with Gasteiger partial charge in [0.25, 0.3) is 0 Å². The van der Waals surface area contributed by atoms with Crippen molar-refractivity contribution in [1.29, 1.82) is 0 Å². The number of benzene rings is 2. The molecule has 2 aromatic rings. The molecule has 1 aliphatic heterocycles. The molecule has 1 N–H and O–H groups in total. The van der Waals surface area contributed by atoms with E-state index in [2.05, 4.69) is 10.2 Å². The SMILES string of the molecule is COc1ccc(C2(NC(=O)N3CCN(c4ccc(F)cc4)CC3)CC2)cc1. The number of amides is 2. The summed E-state index contributed by atoms with van der Waals surface area (Å²) in [7, 11) is 1.65. The highest BCUT2D eigenvalue weighted by Gasteiger charge is 2.46. The van der Waals surface area contributed by atoms with E-state index in [1.807, 2.05) is 29.2 Å². The lowest BCUT2D eigenvalue weighted by Crippen LogP contribution is -2.53. The second kappa shape index (κ2) is 7.10. The topological polar surface area (TPSA) is 44.8 Å². The molecular weight excluding hydrogens is 345 g/mol. The Balaban J connectivity index is 1.34. The number of piperazine rings is 1. The van der Waals surface area contributed by atoms with Crippen LogP contribution in [0.2, 0.25) is 0 Å². The van der Waals surface area contributed by atoms with E-state index >= 15 is 0 Å². The van der Waals surface area contributed by atoms with Gasteiger partial charge >= 0.3 is 6.03 Å². The smallest absolute Gasteiger partial charge is 0.318 e. The van der Waals surface area contributed by atoms with Crippen molar-refractivity contribution in [2.24, 2.45) is 0 Å². The Hall–Kier alpha value is -2.76. The Morgan fingerprint density at radius 1 is 1.00 bits per heavy atom. The minimum Gasteiger partial charge on any atom is -0.497 e. The summed E-state index contributed by atoms with van der Waals surface area (Å²) in [5.74, 6) is 0.586. The number of hydrogen-bond donors (Lipinski definition) is 1. The van der Waals surface area contributed by atoms with Crippen LogP contribution in [-0.2, 0) is 5.54 Å². The highest BCUT2D eigenvalue weighted by Crippen LogP contribution is 2.46. The molecular formula is C21H24FN3O2. The second-order valence-corrected chi connectivity index (χ2v) is 7.19. The van der Waals surface area contributed by atoms with Gasteiger partial charge in [-0.1, -0.05) is 12.1 Å². The van der Waals surface area contributed by atoms with Gasteiger partial charge in [-0.15, -0.1) is 0 Å². The predicted octanol–water partition coefficient (Wildman–Crippen LogP) is 3.36. The van der Waals surface area contributed by atoms with Crippen molar-refractivity contribution in [2.75, 3.05) is 38.2 Å². The molecule has 1 saturated heterocycles. The number of carbonyl (C=O) groups excluding carboxylic acids is 1. The molecule has 1 heterocycles. The quantitative estimate of drug-likeness (QED) is 0.899. The van der Waals surface area contributed by atoms with Crippen LogP contribution in [0.25, 0.3) is 0 Å². The van der Waals surface area contributed by atoms with Crippen molar-refractivity contribution in [3.63, 3.8) is 0 Å². The molecule has 142 valence electrons. The first-order chi connectivity index (χ1) is 13.1. The lowest BCUT2D eigenvalue weighted by Gasteiger charge is -2.37. The molecule has 2 fully saturated rings. The number of carbonyl (C=O) groups is 1. The molecule has 4 rings (SSSR count). The van der Waals surface area contributed by atoms with Gasteiger partial charge in [-0.05, 0) is 54.8 Å². The van der Waals surface area contributed by atoms with Crippen molar-refractivity contribution >= 4 is 11.7 Å². The summed E-state index contributed by atoms with van der Waals surface area (Å²) in [5, 5.41) is 3.23. The summed E-state index contributed by atoms with van der Waals surface area (Å²) in [6.45, 7) is 2.80. The van der Waals surface area contributed by atoms with E-state index in [1.165, 1.54) is 12.1 Å². The third kappa shape index (κ3) is 3.70. The number of halogens is 1. The zero-order valence-electron chi connectivity index (χ0n) is 15.5. The van der Waals surface area contributed by atoms with Gasteiger partial charge in [0, 0.05) is 31.9 Å². The van der Waals surface area contributed by atoms with Gasteiger partial charge in [-0.3, -0.25) is 0 Å². The molecule has 1 aliphatic carbocycles. The fourth-order valence-corrected chi connectivity index (χ4v) is 3.62. The number of nitrogens with zero attached hydrogens (tertiary/aromatic N) is 2. The number of anilines is 1. The van der Waals surface area contributed by atoms with Crippen LogP contribution >= 0.6 is 0 Å². The number of rotatable bonds is 4. The van der Waals surface area contributed by atoms with Gasteiger partial charge in [0.15, 0.2) is 0 Å². The van der Waals surface area contributed by atoms with Crippen LogP contribution < -0.4 is 15.0 Å². The largest absolute Gasteiger partial charge is 0.497 e. The molecule has 5 nitrogen and oxygen atoms in total. The number of methoxy groups -OCH3 is 1. The van der Waals surface area contributed by atoms with Crippen LogP contribution in [-0.4, -0.2) is 44.2 Å². The minimum atomic E-state index is -0.239. The van der Waals surface area contributed by atoms with Crippen LogP contribution in [0.3, 0.4) is 0 Å². The minimum absolute atomic E-state index is 0.0120. The first kappa shape index (κ1) is 17.6. The van der Waals surface area contributed by atoms with E-state index in [1.54, 1.807) is 19.2 Å². The molecule has 27 heavy (non-hydrogen) atoms. The molecule has 6 heteroatoms. The average molecular weight is 369 g/mol. The molecule has 0 bridgehead atoms. The third-order valence-electron chi connectivity index (χ3n) is 5.50. The highest BCUT2D eigenvalue weighted by molar-refractivity contribution is 5.76. The fourth-order valence-electron chi connectivity index (χ4n) is 3.62. The van der Waals surface area contributed by atoms with E-state index in [0.717, 1.165) is 42.9 Å². The molecule has 2 aromatic carbocycles. The number of ether oxygens (including phenoxy) is 1. The number of urea groups is 1. The van der Waals surface area contributed by atoms with Crippen molar-refractivity contribution in [2.45, 2.75) is 18.4 Å². The Morgan fingerprint density at radius 2 is 1.63 bits per heavy atom. The Labute approximate surface area is 158 Å². The molecule has 2 aliphatic rings. The molecule has 0 radical (unpaired) electrons. The lowest BCUT2D eigenvalue weighted by molar-refractivity contribution is 0.189. The van der Waals surface area contributed by atoms with E-state index in [0.29, 0.717) is 13.1 Å². The third-order valence-corrected chi connectivity index (χ3v) is 5.50. The van der Waals surface area contributed by atoms with E-state index < -0.39 is 0 Å². The number of hydrogen-bond acceptors (Lipinski definition) is 3. The molecule has 1 saturated carbocycles. The summed E-state index contributed by atoms with van der Waals surface area (Å²) >= 11 is 0. The van der Waals surface area contributed by atoms with Crippen molar-refractivity contribution in [1.82, 2.24) is 10.2 Å². The summed E-state index contributed by atoms with van der Waals surface area (Å²) in [4.78, 5) is 16.8. The van der Waals surface area contributed by atoms with Gasteiger partial charge < -0.3 is 19.9 Å². The first-order valence-corrected chi connectivity index (χ1v) is 9.32. The van der Waals surface area contributed by atoms with Gasteiger partial charge in [0.2, 0.25) is 0 Å². The predicted molar refractivity (Wildman–Crippen MR) is 103 cm³/mol. The van der Waals surface area contributed by atoms with E-state index in [9.17, 15) is 9.18 Å². The second-order valence-electron chi connectivity index (χ2n) is 7.19. The van der Waals surface area contributed by atoms with Crippen LogP contribution in [0.5, 0.6) is 5.75 Å². The van der Waals surface area contributed by atoms with Crippen molar-refractivity contribution in [3.8, 4) is 5.75 Å². The summed E-state index contributed by atoms with van der Waals surface area (Å²) in [5.41, 5.74) is 1.88.